The van der Waals surface area contributed by atoms with Gasteiger partial charge in [-0.25, -0.2) is 8.78 Å². The van der Waals surface area contributed by atoms with Crippen LogP contribution < -0.4 is 0 Å². The molecule has 0 aromatic heterocycles. The van der Waals surface area contributed by atoms with Crippen LogP contribution in [0.1, 0.15) is 30.6 Å². The molecule has 0 radical (unpaired) electrons. The van der Waals surface area contributed by atoms with E-state index in [-0.39, 0.29) is 19.0 Å². The van der Waals surface area contributed by atoms with Crippen LogP contribution in [-0.4, -0.2) is 28.3 Å². The van der Waals surface area contributed by atoms with Crippen molar-refractivity contribution in [2.45, 2.75) is 26.3 Å². The maximum atomic E-state index is 13.3. The molecule has 21 heavy (non-hydrogen) atoms. The number of rotatable bonds is 5. The van der Waals surface area contributed by atoms with Crippen LogP contribution in [-0.2, 0) is 0 Å². The summed E-state index contributed by atoms with van der Waals surface area (Å²) in [7, 11) is 0. The van der Waals surface area contributed by atoms with Crippen molar-refractivity contribution < 1.29 is 18.5 Å². The molecule has 1 aromatic carbocycles. The molecule has 1 aromatic rings. The lowest BCUT2D eigenvalue weighted by Crippen LogP contribution is -2.38. The van der Waals surface area contributed by atoms with Crippen molar-refractivity contribution >= 4 is 11.6 Å². The highest BCUT2D eigenvalue weighted by molar-refractivity contribution is 5.98. The second-order valence-electron chi connectivity index (χ2n) is 4.54. The standard InChI is InChI=1S/C13H13F2N3O3/c1-8(2)17(5-3-4-16)13(19)9-6-10(14)11(15)7-12(9)18(20)21/h6-8H,3,5H2,1-2H3. The number of hydrogen-bond donors (Lipinski definition) is 0. The van der Waals surface area contributed by atoms with Crippen LogP contribution in [0, 0.1) is 33.1 Å². The molecule has 0 unspecified atom stereocenters. The van der Waals surface area contributed by atoms with E-state index in [4.69, 9.17) is 5.26 Å². The number of amides is 1. The summed E-state index contributed by atoms with van der Waals surface area (Å²) in [5, 5.41) is 19.5. The van der Waals surface area contributed by atoms with Crippen LogP contribution in [0.15, 0.2) is 12.1 Å². The van der Waals surface area contributed by atoms with E-state index >= 15 is 0 Å². The van der Waals surface area contributed by atoms with Gasteiger partial charge in [0, 0.05) is 12.6 Å². The summed E-state index contributed by atoms with van der Waals surface area (Å²) in [5.41, 5.74) is -1.34. The number of nitrogens with zero attached hydrogens (tertiary/aromatic N) is 3. The average molecular weight is 297 g/mol. The molecule has 1 rings (SSSR count). The number of hydrogen-bond acceptors (Lipinski definition) is 4. The molecule has 0 bridgehead atoms. The number of benzene rings is 1. The second kappa shape index (κ2) is 6.74. The molecule has 0 aliphatic heterocycles. The molecule has 6 nitrogen and oxygen atoms in total. The van der Waals surface area contributed by atoms with Gasteiger partial charge in [-0.3, -0.25) is 14.9 Å². The maximum absolute atomic E-state index is 13.3. The lowest BCUT2D eigenvalue weighted by molar-refractivity contribution is -0.385. The first-order valence-electron chi connectivity index (χ1n) is 6.11. The minimum Gasteiger partial charge on any atom is -0.335 e. The summed E-state index contributed by atoms with van der Waals surface area (Å²) in [5.74, 6) is -3.55. The molecule has 0 saturated heterocycles. The number of carbonyl (C=O) groups excluding carboxylic acids is 1. The predicted molar refractivity (Wildman–Crippen MR) is 69.4 cm³/mol. The fraction of sp³-hybridized carbons (Fsp3) is 0.385. The number of nitro groups is 1. The van der Waals surface area contributed by atoms with Gasteiger partial charge in [-0.2, -0.15) is 5.26 Å². The van der Waals surface area contributed by atoms with Crippen molar-refractivity contribution in [2.24, 2.45) is 0 Å². The Morgan fingerprint density at radius 2 is 2.00 bits per heavy atom. The molecule has 0 spiro atoms. The van der Waals surface area contributed by atoms with Crippen LogP contribution in [0.25, 0.3) is 0 Å². The Balaban J connectivity index is 3.30. The van der Waals surface area contributed by atoms with Crippen LogP contribution in [0.3, 0.4) is 0 Å². The van der Waals surface area contributed by atoms with Crippen LogP contribution >= 0.6 is 0 Å². The first kappa shape index (κ1) is 16.5. The number of carbonyl (C=O) groups is 1. The van der Waals surface area contributed by atoms with Gasteiger partial charge in [0.2, 0.25) is 0 Å². The van der Waals surface area contributed by atoms with Gasteiger partial charge in [0.1, 0.15) is 5.56 Å². The lowest BCUT2D eigenvalue weighted by atomic mass is 10.1. The van der Waals surface area contributed by atoms with Gasteiger partial charge in [0.25, 0.3) is 11.6 Å². The van der Waals surface area contributed by atoms with Crippen molar-refractivity contribution in [3.63, 3.8) is 0 Å². The summed E-state index contributed by atoms with van der Waals surface area (Å²) >= 11 is 0. The number of nitriles is 1. The Morgan fingerprint density at radius 3 is 2.48 bits per heavy atom. The van der Waals surface area contributed by atoms with Gasteiger partial charge >= 0.3 is 0 Å². The first-order chi connectivity index (χ1) is 9.79. The minimum absolute atomic E-state index is 0.0292. The zero-order valence-electron chi connectivity index (χ0n) is 11.5. The van der Waals surface area contributed by atoms with E-state index in [1.165, 1.54) is 4.90 Å². The molecule has 0 atom stereocenters. The topological polar surface area (TPSA) is 87.2 Å². The van der Waals surface area contributed by atoms with Gasteiger partial charge in [0.05, 0.1) is 23.5 Å². The van der Waals surface area contributed by atoms with Gasteiger partial charge in [-0.1, -0.05) is 0 Å². The molecule has 0 aliphatic carbocycles. The van der Waals surface area contributed by atoms with Crippen LogP contribution in [0.5, 0.6) is 0 Å². The Kier molecular flexibility index (Phi) is 5.30. The molecule has 0 N–H and O–H groups in total. The summed E-state index contributed by atoms with van der Waals surface area (Å²) in [6.45, 7) is 3.35. The van der Waals surface area contributed by atoms with E-state index in [2.05, 4.69) is 0 Å². The SMILES string of the molecule is CC(C)N(CCC#N)C(=O)c1cc(F)c(F)cc1[N+](=O)[O-]. The number of nitro benzene ring substituents is 1. The Bertz CT molecular complexity index is 611. The third-order valence-electron chi connectivity index (χ3n) is 2.81. The quantitative estimate of drug-likeness (QED) is 0.617. The Hall–Kier alpha value is -2.56. The van der Waals surface area contributed by atoms with E-state index in [0.29, 0.717) is 12.1 Å². The third-order valence-corrected chi connectivity index (χ3v) is 2.81. The zero-order valence-corrected chi connectivity index (χ0v) is 11.5. The second-order valence-corrected chi connectivity index (χ2v) is 4.54. The van der Waals surface area contributed by atoms with E-state index in [1.807, 2.05) is 6.07 Å². The van der Waals surface area contributed by atoms with E-state index < -0.39 is 33.7 Å². The van der Waals surface area contributed by atoms with Gasteiger partial charge in [0.15, 0.2) is 11.6 Å². The molecule has 0 heterocycles. The van der Waals surface area contributed by atoms with Crippen molar-refractivity contribution in [3.8, 4) is 6.07 Å². The third kappa shape index (κ3) is 3.72. The monoisotopic (exact) mass is 297 g/mol. The van der Waals surface area contributed by atoms with Crippen molar-refractivity contribution in [1.82, 2.24) is 4.90 Å². The van der Waals surface area contributed by atoms with Crippen LogP contribution in [0.2, 0.25) is 0 Å². The van der Waals surface area contributed by atoms with Crippen LogP contribution in [0.4, 0.5) is 14.5 Å². The first-order valence-corrected chi connectivity index (χ1v) is 6.11. The van der Waals surface area contributed by atoms with Gasteiger partial charge in [-0.05, 0) is 19.9 Å². The average Bonchev–Trinajstić information content (AvgIpc) is 2.40. The lowest BCUT2D eigenvalue weighted by Gasteiger charge is -2.25. The maximum Gasteiger partial charge on any atom is 0.285 e. The summed E-state index contributed by atoms with van der Waals surface area (Å²) in [6.07, 6.45) is 0.0292. The Morgan fingerprint density at radius 1 is 1.43 bits per heavy atom. The predicted octanol–water partition coefficient (Wildman–Crippen LogP) is 2.64. The van der Waals surface area contributed by atoms with E-state index in [9.17, 15) is 23.7 Å². The minimum atomic E-state index is -1.40. The summed E-state index contributed by atoms with van der Waals surface area (Å²) in [4.78, 5) is 23.4. The molecular weight excluding hydrogens is 284 g/mol. The largest absolute Gasteiger partial charge is 0.335 e. The normalized spacial score (nSPS) is 10.3. The fourth-order valence-corrected chi connectivity index (χ4v) is 1.78. The summed E-state index contributed by atoms with van der Waals surface area (Å²) < 4.78 is 26.4. The van der Waals surface area contributed by atoms with Gasteiger partial charge < -0.3 is 4.90 Å². The van der Waals surface area contributed by atoms with Crippen molar-refractivity contribution in [3.05, 3.63) is 39.4 Å². The molecule has 8 heteroatoms. The Labute approximate surface area is 119 Å². The molecule has 0 saturated carbocycles. The summed E-state index contributed by atoms with van der Waals surface area (Å²) in [6, 6.07) is 2.40. The molecule has 1 amide bonds. The fourth-order valence-electron chi connectivity index (χ4n) is 1.78. The van der Waals surface area contributed by atoms with Gasteiger partial charge in [-0.15, -0.1) is 0 Å². The highest BCUT2D eigenvalue weighted by Gasteiger charge is 2.28. The van der Waals surface area contributed by atoms with E-state index in [1.54, 1.807) is 13.8 Å². The smallest absolute Gasteiger partial charge is 0.285 e. The molecule has 0 aliphatic rings. The molecule has 0 fully saturated rings. The molecule has 112 valence electrons. The zero-order chi connectivity index (χ0) is 16.2. The van der Waals surface area contributed by atoms with Crippen molar-refractivity contribution in [2.75, 3.05) is 6.54 Å². The highest BCUT2D eigenvalue weighted by atomic mass is 19.2. The highest BCUT2D eigenvalue weighted by Crippen LogP contribution is 2.24. The van der Waals surface area contributed by atoms with Crippen molar-refractivity contribution in [1.29, 1.82) is 5.26 Å². The molecular formula is C13H13F2N3O3. The van der Waals surface area contributed by atoms with E-state index in [0.717, 1.165) is 0 Å². The number of halogens is 2.